The third-order valence-corrected chi connectivity index (χ3v) is 6.23. The second-order valence-corrected chi connectivity index (χ2v) is 8.74. The molecule has 11 heteroatoms. The van der Waals surface area contributed by atoms with Crippen LogP contribution in [0.1, 0.15) is 19.8 Å². The van der Waals surface area contributed by atoms with Crippen LogP contribution >= 0.6 is 11.3 Å². The number of ether oxygens (including phenoxy) is 1. The van der Waals surface area contributed by atoms with Crippen LogP contribution < -0.4 is 10.6 Å². The Hall–Kier alpha value is -3.02. The fraction of sp³-hybridized carbons (Fsp3) is 0.286. The first-order valence-corrected chi connectivity index (χ1v) is 12.2. The Morgan fingerprint density at radius 1 is 1.25 bits per heavy atom. The fourth-order valence-electron chi connectivity index (χ4n) is 2.72. The zero-order chi connectivity index (χ0) is 22.8. The molecule has 3 aromatic rings. The van der Waals surface area contributed by atoms with Gasteiger partial charge in [0.05, 0.1) is 22.8 Å². The van der Waals surface area contributed by atoms with Crippen molar-refractivity contribution in [1.29, 1.82) is 0 Å². The first kappa shape index (κ1) is 23.6. The summed E-state index contributed by atoms with van der Waals surface area (Å²) in [5, 5.41) is 17.4. The number of benzene rings is 1. The van der Waals surface area contributed by atoms with Gasteiger partial charge in [0.2, 0.25) is 5.95 Å². The Labute approximate surface area is 192 Å². The summed E-state index contributed by atoms with van der Waals surface area (Å²) in [4.78, 5) is 21.9. The van der Waals surface area contributed by atoms with Crippen molar-refractivity contribution < 1.29 is 18.8 Å². The van der Waals surface area contributed by atoms with Crippen molar-refractivity contribution >= 4 is 45.5 Å². The zero-order valence-corrected chi connectivity index (χ0v) is 19.2. The van der Waals surface area contributed by atoms with Gasteiger partial charge in [0.25, 0.3) is 0 Å². The minimum absolute atomic E-state index is 0.157. The van der Waals surface area contributed by atoms with Crippen molar-refractivity contribution in [2.45, 2.75) is 24.7 Å². The quantitative estimate of drug-likeness (QED) is 0.252. The Kier molecular flexibility index (Phi) is 8.96. The van der Waals surface area contributed by atoms with Crippen LogP contribution in [0.2, 0.25) is 0 Å². The van der Waals surface area contributed by atoms with E-state index in [9.17, 15) is 9.00 Å². The van der Waals surface area contributed by atoms with Gasteiger partial charge in [0, 0.05) is 34.8 Å². The number of carbonyl (C=O) groups is 1. The lowest BCUT2D eigenvalue weighted by atomic mass is 10.2. The van der Waals surface area contributed by atoms with Gasteiger partial charge in [-0.15, -0.1) is 15.7 Å². The third kappa shape index (κ3) is 6.74. The number of hydrogen-bond donors (Lipinski definition) is 4. The van der Waals surface area contributed by atoms with Crippen LogP contribution in [0.25, 0.3) is 10.4 Å². The minimum atomic E-state index is -2.22. The zero-order valence-electron chi connectivity index (χ0n) is 17.5. The van der Waals surface area contributed by atoms with Gasteiger partial charge in [-0.05, 0) is 55.5 Å². The van der Waals surface area contributed by atoms with Gasteiger partial charge in [-0.3, -0.25) is 0 Å². The fourth-order valence-corrected chi connectivity index (χ4v) is 4.18. The molecule has 0 saturated heterocycles. The highest BCUT2D eigenvalue weighted by Gasteiger charge is 2.11. The molecule has 1 unspecified atom stereocenters. The van der Waals surface area contributed by atoms with Crippen molar-refractivity contribution in [1.82, 2.24) is 9.97 Å². The number of hydrogen-bond acceptors (Lipinski definition) is 9. The molecule has 0 aliphatic carbocycles. The van der Waals surface area contributed by atoms with Crippen molar-refractivity contribution in [2.24, 2.45) is 4.36 Å². The van der Waals surface area contributed by atoms with Crippen LogP contribution in [0.4, 0.5) is 22.2 Å². The number of rotatable bonds is 10. The Morgan fingerprint density at radius 3 is 2.75 bits per heavy atom. The molecule has 0 radical (unpaired) electrons. The smallest absolute Gasteiger partial charge is 0.441 e. The lowest BCUT2D eigenvalue weighted by Gasteiger charge is -2.12. The molecule has 0 saturated carbocycles. The van der Waals surface area contributed by atoms with E-state index in [0.717, 1.165) is 16.9 Å². The second kappa shape index (κ2) is 12.1. The van der Waals surface area contributed by atoms with Crippen LogP contribution in [0.15, 0.2) is 57.2 Å². The lowest BCUT2D eigenvalue weighted by Crippen LogP contribution is -2.08. The summed E-state index contributed by atoms with van der Waals surface area (Å²) in [6.45, 7) is 2.68. The average Bonchev–Trinajstić information content (AvgIpc) is 3.32. The number of thiol groups is 1. The molecule has 32 heavy (non-hydrogen) atoms. The topological polar surface area (TPSA) is 126 Å². The molecule has 170 valence electrons. The maximum atomic E-state index is 12.2. The maximum Gasteiger partial charge on any atom is 0.441 e. The molecule has 2 aromatic heterocycles. The van der Waals surface area contributed by atoms with E-state index in [2.05, 4.69) is 29.7 Å². The second-order valence-electron chi connectivity index (χ2n) is 6.53. The highest BCUT2D eigenvalue weighted by atomic mass is 32.2. The number of aliphatic hydroxyl groups is 1. The summed E-state index contributed by atoms with van der Waals surface area (Å²) in [6, 6.07) is 10.7. The number of thiophene rings is 1. The molecule has 0 fully saturated rings. The van der Waals surface area contributed by atoms with E-state index in [-0.39, 0.29) is 13.2 Å². The van der Waals surface area contributed by atoms with Crippen molar-refractivity contribution in [3.8, 4) is 10.4 Å². The molecule has 0 aliphatic heterocycles. The van der Waals surface area contributed by atoms with Gasteiger partial charge in [-0.2, -0.15) is 4.98 Å². The number of nitrogens with one attached hydrogen (secondary N) is 2. The van der Waals surface area contributed by atoms with E-state index in [1.165, 1.54) is 0 Å². The molecule has 9 nitrogen and oxygen atoms in total. The van der Waals surface area contributed by atoms with Crippen molar-refractivity contribution in [3.63, 3.8) is 0 Å². The normalized spacial score (nSPS) is 11.8. The summed E-state index contributed by atoms with van der Waals surface area (Å²) >= 11 is 1.61. The Bertz CT molecular complexity index is 1100. The number of anilines is 3. The number of unbranched alkanes of at least 4 members (excludes halogenated alkanes) is 1. The van der Waals surface area contributed by atoms with Crippen molar-refractivity contribution in [2.75, 3.05) is 30.4 Å². The molecule has 1 amide bonds. The van der Waals surface area contributed by atoms with E-state index < -0.39 is 16.7 Å². The van der Waals surface area contributed by atoms with Crippen LogP contribution in [-0.2, 0) is 15.3 Å². The molecule has 0 spiro atoms. The number of carbonyl (C=O) groups excluding carboxylic acids is 1. The molecule has 0 bridgehead atoms. The summed E-state index contributed by atoms with van der Waals surface area (Å²) < 4.78 is 20.4. The molecule has 0 aliphatic rings. The highest BCUT2D eigenvalue weighted by molar-refractivity contribution is 7.75. The maximum absolute atomic E-state index is 12.2. The first-order valence-electron chi connectivity index (χ1n) is 10.1. The van der Waals surface area contributed by atoms with Gasteiger partial charge >= 0.3 is 6.09 Å². The Morgan fingerprint density at radius 2 is 2.06 bits per heavy atom. The van der Waals surface area contributed by atoms with Crippen LogP contribution in [-0.4, -0.2) is 45.1 Å². The summed E-state index contributed by atoms with van der Waals surface area (Å²) in [7, 11) is -2.22. The molecule has 3 N–H and O–H groups in total. The largest absolute Gasteiger partial charge is 0.448 e. The predicted octanol–water partition coefficient (Wildman–Crippen LogP) is 4.31. The highest BCUT2D eigenvalue weighted by Crippen LogP contribution is 2.31. The first-order chi connectivity index (χ1) is 15.6. The third-order valence-electron chi connectivity index (χ3n) is 4.24. The standard InChI is InChI=1S/C21H25N5O4S2/c1-2-30-21(28)26-32(29)16-9-7-15(8-10-16)24-20-23-14-17(18-6-5-13-31-18)19(25-20)22-11-3-4-12-27/h5-10,13-14,27,32H,2-4,11-12H2,1H3,(H2,22,23,24,25). The number of aromatic nitrogens is 2. The number of amides is 1. The van der Waals surface area contributed by atoms with Gasteiger partial charge in [0.1, 0.15) is 5.82 Å². The van der Waals surface area contributed by atoms with E-state index in [1.807, 2.05) is 17.5 Å². The molecule has 1 aromatic carbocycles. The lowest BCUT2D eigenvalue weighted by molar-refractivity contribution is 0.164. The molecule has 1 atom stereocenters. The predicted molar refractivity (Wildman–Crippen MR) is 127 cm³/mol. The summed E-state index contributed by atoms with van der Waals surface area (Å²) in [5.41, 5.74) is 1.60. The summed E-state index contributed by atoms with van der Waals surface area (Å²) in [6.07, 6.45) is 2.46. The van der Waals surface area contributed by atoms with Gasteiger partial charge in [-0.1, -0.05) is 6.07 Å². The van der Waals surface area contributed by atoms with E-state index >= 15 is 0 Å². The molecule has 2 heterocycles. The van der Waals surface area contributed by atoms with E-state index in [0.29, 0.717) is 35.3 Å². The van der Waals surface area contributed by atoms with Gasteiger partial charge in [-0.25, -0.2) is 14.0 Å². The SMILES string of the molecule is CCOC(=O)/N=[SH](=O)/c1ccc(Nc2ncc(-c3cccs3)c(NCCCCO)n2)cc1. The van der Waals surface area contributed by atoms with E-state index in [4.69, 9.17) is 5.11 Å². The van der Waals surface area contributed by atoms with Crippen LogP contribution in [0.3, 0.4) is 0 Å². The molecule has 3 rings (SSSR count). The Balaban J connectivity index is 1.75. The molecular formula is C21H25N5O4S2. The minimum Gasteiger partial charge on any atom is -0.448 e. The summed E-state index contributed by atoms with van der Waals surface area (Å²) in [5.74, 6) is 1.11. The number of aliphatic hydroxyl groups excluding tert-OH is 1. The van der Waals surface area contributed by atoms with Crippen molar-refractivity contribution in [3.05, 3.63) is 48.0 Å². The number of nitrogens with zero attached hydrogens (tertiary/aromatic N) is 3. The molecular weight excluding hydrogens is 450 g/mol. The van der Waals surface area contributed by atoms with Crippen LogP contribution in [0, 0.1) is 0 Å². The van der Waals surface area contributed by atoms with Gasteiger partial charge < -0.3 is 20.5 Å². The monoisotopic (exact) mass is 475 g/mol. The van der Waals surface area contributed by atoms with Gasteiger partial charge in [0.15, 0.2) is 0 Å². The van der Waals surface area contributed by atoms with Crippen LogP contribution in [0.5, 0.6) is 0 Å². The average molecular weight is 476 g/mol. The van der Waals surface area contributed by atoms with E-state index in [1.54, 1.807) is 48.7 Å².